The molecule has 0 unspecified atom stereocenters. The Morgan fingerprint density at radius 1 is 1.50 bits per heavy atom. The zero-order chi connectivity index (χ0) is 12.0. The SMILES string of the molecule is COC(=O)CCCNCc1c(C)n[nH]c1C. The van der Waals surface area contributed by atoms with E-state index in [9.17, 15) is 4.79 Å². The van der Waals surface area contributed by atoms with Crippen LogP contribution in [0.25, 0.3) is 0 Å². The monoisotopic (exact) mass is 225 g/mol. The van der Waals surface area contributed by atoms with Crippen molar-refractivity contribution in [3.05, 3.63) is 17.0 Å². The first kappa shape index (κ1) is 12.7. The minimum atomic E-state index is -0.155. The molecule has 0 atom stereocenters. The number of carbonyl (C=O) groups is 1. The molecule has 1 aromatic rings. The van der Waals surface area contributed by atoms with Gasteiger partial charge in [-0.25, -0.2) is 0 Å². The van der Waals surface area contributed by atoms with Gasteiger partial charge in [-0.1, -0.05) is 0 Å². The van der Waals surface area contributed by atoms with Crippen molar-refractivity contribution in [3.63, 3.8) is 0 Å². The molecule has 1 rings (SSSR count). The number of ether oxygens (including phenoxy) is 1. The van der Waals surface area contributed by atoms with Crippen molar-refractivity contribution >= 4 is 5.97 Å². The van der Waals surface area contributed by atoms with E-state index >= 15 is 0 Å². The normalized spacial score (nSPS) is 10.4. The third kappa shape index (κ3) is 3.66. The largest absolute Gasteiger partial charge is 0.469 e. The lowest BCUT2D eigenvalue weighted by molar-refractivity contribution is -0.140. The van der Waals surface area contributed by atoms with Crippen LogP contribution in [0.2, 0.25) is 0 Å². The van der Waals surface area contributed by atoms with E-state index in [-0.39, 0.29) is 5.97 Å². The molecule has 0 fully saturated rings. The molecule has 0 saturated carbocycles. The summed E-state index contributed by atoms with van der Waals surface area (Å²) in [6, 6.07) is 0. The van der Waals surface area contributed by atoms with Gasteiger partial charge in [-0.3, -0.25) is 9.89 Å². The lowest BCUT2D eigenvalue weighted by Gasteiger charge is -2.04. The van der Waals surface area contributed by atoms with Crippen molar-refractivity contribution in [2.24, 2.45) is 0 Å². The Balaban J connectivity index is 2.19. The lowest BCUT2D eigenvalue weighted by atomic mass is 10.2. The van der Waals surface area contributed by atoms with Gasteiger partial charge in [0.25, 0.3) is 0 Å². The van der Waals surface area contributed by atoms with E-state index < -0.39 is 0 Å². The van der Waals surface area contributed by atoms with Gasteiger partial charge < -0.3 is 10.1 Å². The number of hydrogen-bond acceptors (Lipinski definition) is 4. The maximum absolute atomic E-state index is 10.8. The molecule has 0 amide bonds. The van der Waals surface area contributed by atoms with Crippen LogP contribution in [0.1, 0.15) is 29.8 Å². The molecule has 16 heavy (non-hydrogen) atoms. The summed E-state index contributed by atoms with van der Waals surface area (Å²) in [7, 11) is 1.41. The zero-order valence-corrected chi connectivity index (χ0v) is 10.1. The highest BCUT2D eigenvalue weighted by atomic mass is 16.5. The standard InChI is InChI=1S/C11H19N3O2/c1-8-10(9(2)14-13-8)7-12-6-4-5-11(15)16-3/h12H,4-7H2,1-3H3,(H,13,14). The predicted molar refractivity (Wildman–Crippen MR) is 61.0 cm³/mol. The van der Waals surface area contributed by atoms with Gasteiger partial charge >= 0.3 is 5.97 Å². The van der Waals surface area contributed by atoms with Gasteiger partial charge in [-0.2, -0.15) is 5.10 Å². The first-order valence-electron chi connectivity index (χ1n) is 5.43. The first-order chi connectivity index (χ1) is 7.65. The third-order valence-electron chi connectivity index (χ3n) is 2.54. The smallest absolute Gasteiger partial charge is 0.305 e. The van der Waals surface area contributed by atoms with E-state index in [0.717, 1.165) is 30.9 Å². The van der Waals surface area contributed by atoms with Crippen molar-refractivity contribution < 1.29 is 9.53 Å². The van der Waals surface area contributed by atoms with Crippen molar-refractivity contribution in [1.29, 1.82) is 0 Å². The molecule has 2 N–H and O–H groups in total. The van der Waals surface area contributed by atoms with Gasteiger partial charge in [0.15, 0.2) is 0 Å². The average Bonchev–Trinajstić information content (AvgIpc) is 2.59. The lowest BCUT2D eigenvalue weighted by Crippen LogP contribution is -2.16. The summed E-state index contributed by atoms with van der Waals surface area (Å²) >= 11 is 0. The highest BCUT2D eigenvalue weighted by Gasteiger charge is 2.05. The Morgan fingerprint density at radius 2 is 2.25 bits per heavy atom. The molecule has 0 aliphatic carbocycles. The average molecular weight is 225 g/mol. The van der Waals surface area contributed by atoms with Crippen LogP contribution in [0.3, 0.4) is 0 Å². The van der Waals surface area contributed by atoms with Gasteiger partial charge in [-0.15, -0.1) is 0 Å². The third-order valence-corrected chi connectivity index (χ3v) is 2.54. The van der Waals surface area contributed by atoms with Crippen molar-refractivity contribution in [1.82, 2.24) is 15.5 Å². The Hall–Kier alpha value is -1.36. The van der Waals surface area contributed by atoms with Crippen LogP contribution in [-0.2, 0) is 16.1 Å². The molecule has 0 aliphatic heterocycles. The van der Waals surface area contributed by atoms with Crippen LogP contribution in [0, 0.1) is 13.8 Å². The van der Waals surface area contributed by atoms with Gasteiger partial charge in [0.2, 0.25) is 0 Å². The second-order valence-corrected chi connectivity index (χ2v) is 3.77. The molecular formula is C11H19N3O2. The molecule has 0 aliphatic rings. The van der Waals surface area contributed by atoms with E-state index in [4.69, 9.17) is 0 Å². The van der Waals surface area contributed by atoms with E-state index in [0.29, 0.717) is 6.42 Å². The summed E-state index contributed by atoms with van der Waals surface area (Å²) in [5, 5.41) is 10.3. The van der Waals surface area contributed by atoms with E-state index in [1.54, 1.807) is 0 Å². The summed E-state index contributed by atoms with van der Waals surface area (Å²) in [4.78, 5) is 10.8. The molecule has 1 heterocycles. The fraction of sp³-hybridized carbons (Fsp3) is 0.636. The maximum Gasteiger partial charge on any atom is 0.305 e. The Kier molecular flexibility index (Phi) is 4.98. The quantitative estimate of drug-likeness (QED) is 0.561. The van der Waals surface area contributed by atoms with Crippen molar-refractivity contribution in [2.45, 2.75) is 33.2 Å². The number of aromatic nitrogens is 2. The van der Waals surface area contributed by atoms with Crippen LogP contribution >= 0.6 is 0 Å². The van der Waals surface area contributed by atoms with Crippen LogP contribution < -0.4 is 5.32 Å². The molecule has 0 radical (unpaired) electrons. The van der Waals surface area contributed by atoms with Crippen LogP contribution in [0.5, 0.6) is 0 Å². The van der Waals surface area contributed by atoms with Crippen LogP contribution in [-0.4, -0.2) is 29.8 Å². The van der Waals surface area contributed by atoms with E-state index in [1.165, 1.54) is 12.7 Å². The minimum Gasteiger partial charge on any atom is -0.469 e. The summed E-state index contributed by atoms with van der Waals surface area (Å²) < 4.78 is 4.56. The Morgan fingerprint density at radius 3 is 2.81 bits per heavy atom. The fourth-order valence-corrected chi connectivity index (χ4v) is 1.51. The number of methoxy groups -OCH3 is 1. The number of nitrogens with one attached hydrogen (secondary N) is 2. The second kappa shape index (κ2) is 6.27. The summed E-state index contributed by atoms with van der Waals surface area (Å²) in [6.07, 6.45) is 1.26. The molecule has 0 saturated heterocycles. The number of H-pyrrole nitrogens is 1. The van der Waals surface area contributed by atoms with E-state index in [2.05, 4.69) is 20.3 Å². The highest BCUT2D eigenvalue weighted by molar-refractivity contribution is 5.69. The molecule has 1 aromatic heterocycles. The Labute approximate surface area is 95.6 Å². The zero-order valence-electron chi connectivity index (χ0n) is 10.1. The topological polar surface area (TPSA) is 67.0 Å². The highest BCUT2D eigenvalue weighted by Crippen LogP contribution is 2.08. The van der Waals surface area contributed by atoms with Gasteiger partial charge in [0.05, 0.1) is 12.8 Å². The second-order valence-electron chi connectivity index (χ2n) is 3.77. The van der Waals surface area contributed by atoms with Gasteiger partial charge in [-0.05, 0) is 26.8 Å². The number of rotatable bonds is 6. The summed E-state index contributed by atoms with van der Waals surface area (Å²) in [5.41, 5.74) is 3.33. The molecule has 90 valence electrons. The van der Waals surface area contributed by atoms with Gasteiger partial charge in [0, 0.05) is 24.2 Å². The summed E-state index contributed by atoms with van der Waals surface area (Å²) in [5.74, 6) is -0.155. The predicted octanol–water partition coefficient (Wildman–Crippen LogP) is 1.07. The van der Waals surface area contributed by atoms with Gasteiger partial charge in [0.1, 0.15) is 0 Å². The number of esters is 1. The van der Waals surface area contributed by atoms with Crippen LogP contribution in [0.4, 0.5) is 0 Å². The van der Waals surface area contributed by atoms with Crippen molar-refractivity contribution in [3.8, 4) is 0 Å². The molecule has 0 bridgehead atoms. The molecule has 5 heteroatoms. The molecule has 0 aromatic carbocycles. The molecule has 0 spiro atoms. The number of aryl methyl sites for hydroxylation is 2. The molecule has 5 nitrogen and oxygen atoms in total. The minimum absolute atomic E-state index is 0.155. The summed E-state index contributed by atoms with van der Waals surface area (Å²) in [6.45, 7) is 5.58. The van der Waals surface area contributed by atoms with Crippen molar-refractivity contribution in [2.75, 3.05) is 13.7 Å². The number of aromatic amines is 1. The first-order valence-corrected chi connectivity index (χ1v) is 5.43. The maximum atomic E-state index is 10.8. The Bertz CT molecular complexity index is 327. The number of nitrogens with zero attached hydrogens (tertiary/aromatic N) is 1. The molecular weight excluding hydrogens is 206 g/mol. The number of carbonyl (C=O) groups excluding carboxylic acids is 1. The number of hydrogen-bond donors (Lipinski definition) is 2. The van der Waals surface area contributed by atoms with Crippen LogP contribution in [0.15, 0.2) is 0 Å². The van der Waals surface area contributed by atoms with E-state index in [1.807, 2.05) is 13.8 Å². The fourth-order valence-electron chi connectivity index (χ4n) is 1.51.